The van der Waals surface area contributed by atoms with Gasteiger partial charge in [0.15, 0.2) is 0 Å². The minimum Gasteiger partial charge on any atom is -0.350 e. The lowest BCUT2D eigenvalue weighted by Crippen LogP contribution is -2.40. The van der Waals surface area contributed by atoms with Crippen molar-refractivity contribution in [3.8, 4) is 0 Å². The van der Waals surface area contributed by atoms with Crippen molar-refractivity contribution in [1.29, 1.82) is 0 Å². The molecule has 8 heteroatoms. The van der Waals surface area contributed by atoms with E-state index in [1.165, 1.54) is 6.07 Å². The number of carbonyl (C=O) groups excluding carboxylic acids is 1. The lowest BCUT2D eigenvalue weighted by atomic mass is 10.3. The molecule has 0 unspecified atom stereocenters. The Morgan fingerprint density at radius 2 is 1.96 bits per heavy atom. The van der Waals surface area contributed by atoms with Gasteiger partial charge in [0.2, 0.25) is 15.9 Å². The molecular formula is C15H16ClN3O3S. The van der Waals surface area contributed by atoms with Crippen LogP contribution in [0.15, 0.2) is 48.8 Å². The van der Waals surface area contributed by atoms with Crippen molar-refractivity contribution in [2.75, 3.05) is 17.1 Å². The zero-order chi connectivity index (χ0) is 16.9. The van der Waals surface area contributed by atoms with Gasteiger partial charge in [-0.1, -0.05) is 17.7 Å². The maximum Gasteiger partial charge on any atom is 0.241 e. The second-order valence-corrected chi connectivity index (χ2v) is 7.22. The van der Waals surface area contributed by atoms with Crippen molar-refractivity contribution in [2.45, 2.75) is 6.54 Å². The van der Waals surface area contributed by atoms with Crippen molar-refractivity contribution >= 4 is 33.2 Å². The van der Waals surface area contributed by atoms with E-state index in [4.69, 9.17) is 11.6 Å². The molecule has 0 saturated heterocycles. The number of sulfonamides is 1. The first-order valence-electron chi connectivity index (χ1n) is 6.75. The van der Waals surface area contributed by atoms with Crippen LogP contribution >= 0.6 is 11.6 Å². The van der Waals surface area contributed by atoms with E-state index in [0.717, 1.165) is 16.1 Å². The van der Waals surface area contributed by atoms with Crippen LogP contribution in [0.5, 0.6) is 0 Å². The SMILES string of the molecule is CS(=O)(=O)N(CC(=O)NCc1ccncc1)c1cccc(Cl)c1. The summed E-state index contributed by atoms with van der Waals surface area (Å²) in [6, 6.07) is 9.89. The third-order valence-corrected chi connectivity index (χ3v) is 4.40. The van der Waals surface area contributed by atoms with Crippen LogP contribution in [0, 0.1) is 0 Å². The topological polar surface area (TPSA) is 79.4 Å². The molecule has 0 aliphatic rings. The van der Waals surface area contributed by atoms with Crippen molar-refractivity contribution in [2.24, 2.45) is 0 Å². The lowest BCUT2D eigenvalue weighted by Gasteiger charge is -2.22. The largest absolute Gasteiger partial charge is 0.350 e. The van der Waals surface area contributed by atoms with Crippen molar-refractivity contribution in [3.05, 3.63) is 59.4 Å². The number of carbonyl (C=O) groups is 1. The Kier molecular flexibility index (Phi) is 5.57. The lowest BCUT2D eigenvalue weighted by molar-refractivity contribution is -0.119. The summed E-state index contributed by atoms with van der Waals surface area (Å²) in [5, 5.41) is 3.08. The van der Waals surface area contributed by atoms with Crippen molar-refractivity contribution < 1.29 is 13.2 Å². The van der Waals surface area contributed by atoms with Crippen LogP contribution in [0.3, 0.4) is 0 Å². The quantitative estimate of drug-likeness (QED) is 0.859. The Labute approximate surface area is 140 Å². The maximum absolute atomic E-state index is 12.1. The molecule has 1 amide bonds. The van der Waals surface area contributed by atoms with Crippen LogP contribution in [0.2, 0.25) is 5.02 Å². The number of nitrogens with one attached hydrogen (secondary N) is 1. The summed E-state index contributed by atoms with van der Waals surface area (Å²) in [5.41, 5.74) is 1.22. The monoisotopic (exact) mass is 353 g/mol. The molecule has 0 spiro atoms. The van der Waals surface area contributed by atoms with Gasteiger partial charge in [-0.2, -0.15) is 0 Å². The fourth-order valence-corrected chi connectivity index (χ4v) is 2.95. The summed E-state index contributed by atoms with van der Waals surface area (Å²) >= 11 is 5.89. The first kappa shape index (κ1) is 17.2. The predicted molar refractivity (Wildman–Crippen MR) is 89.7 cm³/mol. The van der Waals surface area contributed by atoms with E-state index in [0.29, 0.717) is 17.3 Å². The standard InChI is InChI=1S/C15H16ClN3O3S/c1-23(21,22)19(14-4-2-3-13(16)9-14)11-15(20)18-10-12-5-7-17-8-6-12/h2-9H,10-11H2,1H3,(H,18,20). The van der Waals surface area contributed by atoms with E-state index in [2.05, 4.69) is 10.3 Å². The fraction of sp³-hybridized carbons (Fsp3) is 0.200. The first-order chi connectivity index (χ1) is 10.9. The number of halogens is 1. The summed E-state index contributed by atoms with van der Waals surface area (Å²) in [6.45, 7) is -0.0151. The highest BCUT2D eigenvalue weighted by atomic mass is 35.5. The Balaban J connectivity index is 2.08. The van der Waals surface area contributed by atoms with Crippen molar-refractivity contribution in [1.82, 2.24) is 10.3 Å². The minimum atomic E-state index is -3.61. The number of pyridine rings is 1. The molecular weight excluding hydrogens is 338 g/mol. The van der Waals surface area contributed by atoms with Crippen LogP contribution < -0.4 is 9.62 Å². The molecule has 1 heterocycles. The number of rotatable bonds is 6. The fourth-order valence-electron chi connectivity index (χ4n) is 1.92. The molecule has 0 saturated carbocycles. The van der Waals surface area contributed by atoms with Crippen molar-refractivity contribution in [3.63, 3.8) is 0 Å². The van der Waals surface area contributed by atoms with Gasteiger partial charge in [0.25, 0.3) is 0 Å². The molecule has 1 aromatic carbocycles. The van der Waals surface area contributed by atoms with E-state index in [1.807, 2.05) is 0 Å². The Morgan fingerprint density at radius 3 is 2.57 bits per heavy atom. The Morgan fingerprint density at radius 1 is 1.26 bits per heavy atom. The average Bonchev–Trinajstić information content (AvgIpc) is 2.50. The number of aromatic nitrogens is 1. The van der Waals surface area contributed by atoms with Crippen LogP contribution in [-0.2, 0) is 21.4 Å². The van der Waals surface area contributed by atoms with Crippen LogP contribution in [0.4, 0.5) is 5.69 Å². The van der Waals surface area contributed by atoms with E-state index in [1.54, 1.807) is 42.7 Å². The smallest absolute Gasteiger partial charge is 0.241 e. The number of anilines is 1. The number of hydrogen-bond donors (Lipinski definition) is 1. The summed E-state index contributed by atoms with van der Waals surface area (Å²) in [4.78, 5) is 16.0. The highest BCUT2D eigenvalue weighted by Crippen LogP contribution is 2.21. The first-order valence-corrected chi connectivity index (χ1v) is 8.98. The molecule has 122 valence electrons. The molecule has 0 aliphatic carbocycles. The van der Waals surface area contributed by atoms with Gasteiger partial charge in [-0.15, -0.1) is 0 Å². The van der Waals surface area contributed by atoms with Gasteiger partial charge in [0.1, 0.15) is 6.54 Å². The number of nitrogens with zero attached hydrogens (tertiary/aromatic N) is 2. The molecule has 2 aromatic rings. The highest BCUT2D eigenvalue weighted by Gasteiger charge is 2.20. The molecule has 2 rings (SSSR count). The molecule has 6 nitrogen and oxygen atoms in total. The van der Waals surface area contributed by atoms with Gasteiger partial charge in [0.05, 0.1) is 11.9 Å². The van der Waals surface area contributed by atoms with Crippen LogP contribution in [0.25, 0.3) is 0 Å². The zero-order valence-electron chi connectivity index (χ0n) is 12.4. The molecule has 1 N–H and O–H groups in total. The van der Waals surface area contributed by atoms with Gasteiger partial charge in [0, 0.05) is 24.0 Å². The minimum absolute atomic E-state index is 0.300. The Bertz CT molecular complexity index is 782. The van der Waals surface area contributed by atoms with Gasteiger partial charge in [-0.25, -0.2) is 8.42 Å². The van der Waals surface area contributed by atoms with Gasteiger partial charge < -0.3 is 5.32 Å². The molecule has 0 radical (unpaired) electrons. The number of benzene rings is 1. The van der Waals surface area contributed by atoms with Gasteiger partial charge in [-0.05, 0) is 35.9 Å². The predicted octanol–water partition coefficient (Wildman–Crippen LogP) is 1.82. The van der Waals surface area contributed by atoms with E-state index in [9.17, 15) is 13.2 Å². The summed E-state index contributed by atoms with van der Waals surface area (Å²) in [5.74, 6) is -0.410. The number of amides is 1. The van der Waals surface area contributed by atoms with E-state index < -0.39 is 15.9 Å². The Hall–Kier alpha value is -2.12. The van der Waals surface area contributed by atoms with E-state index in [-0.39, 0.29) is 6.54 Å². The maximum atomic E-state index is 12.1. The number of hydrogen-bond acceptors (Lipinski definition) is 4. The second-order valence-electron chi connectivity index (χ2n) is 4.88. The highest BCUT2D eigenvalue weighted by molar-refractivity contribution is 7.92. The summed E-state index contributed by atoms with van der Waals surface area (Å²) in [6.07, 6.45) is 4.29. The molecule has 0 fully saturated rings. The molecule has 1 aromatic heterocycles. The van der Waals surface area contributed by atoms with Gasteiger partial charge in [-0.3, -0.25) is 14.1 Å². The van der Waals surface area contributed by atoms with Crippen LogP contribution in [-0.4, -0.2) is 32.1 Å². The van der Waals surface area contributed by atoms with Gasteiger partial charge >= 0.3 is 0 Å². The summed E-state index contributed by atoms with van der Waals surface area (Å²) < 4.78 is 24.9. The zero-order valence-corrected chi connectivity index (χ0v) is 14.0. The normalized spacial score (nSPS) is 11.0. The summed E-state index contributed by atoms with van der Waals surface area (Å²) in [7, 11) is -3.61. The third kappa shape index (κ3) is 5.22. The molecule has 0 aliphatic heterocycles. The molecule has 0 atom stereocenters. The second kappa shape index (κ2) is 7.43. The average molecular weight is 354 g/mol. The third-order valence-electron chi connectivity index (χ3n) is 3.02. The van der Waals surface area contributed by atoms with Crippen LogP contribution in [0.1, 0.15) is 5.56 Å². The molecule has 0 bridgehead atoms. The van der Waals surface area contributed by atoms with E-state index >= 15 is 0 Å². The molecule has 23 heavy (non-hydrogen) atoms.